The third kappa shape index (κ3) is 2.82. The minimum atomic E-state index is -3.85. The average Bonchev–Trinajstić information content (AvgIpc) is 3.02. The van der Waals surface area contributed by atoms with Gasteiger partial charge in [-0.15, -0.1) is 0 Å². The molecule has 0 radical (unpaired) electrons. The molecule has 112 valence electrons. The predicted molar refractivity (Wildman–Crippen MR) is 78.0 cm³/mol. The van der Waals surface area contributed by atoms with Gasteiger partial charge in [-0.05, 0) is 12.1 Å². The Labute approximate surface area is 125 Å². The second kappa shape index (κ2) is 5.57. The van der Waals surface area contributed by atoms with Crippen LogP contribution in [-0.4, -0.2) is 35.1 Å². The summed E-state index contributed by atoms with van der Waals surface area (Å²) >= 11 is 0. The highest BCUT2D eigenvalue weighted by atomic mass is 32.2. The van der Waals surface area contributed by atoms with Crippen LogP contribution in [0.4, 0.5) is 0 Å². The Hall–Kier alpha value is -2.74. The van der Waals surface area contributed by atoms with Crippen molar-refractivity contribution < 1.29 is 17.9 Å². The van der Waals surface area contributed by atoms with Gasteiger partial charge in [0.15, 0.2) is 11.5 Å². The first kappa shape index (κ1) is 14.2. The van der Waals surface area contributed by atoms with Crippen LogP contribution in [0.2, 0.25) is 0 Å². The van der Waals surface area contributed by atoms with Crippen molar-refractivity contribution in [1.29, 1.82) is 0 Å². The number of fused-ring (bicyclic) bond motifs is 1. The van der Waals surface area contributed by atoms with Crippen LogP contribution in [0.3, 0.4) is 0 Å². The summed E-state index contributed by atoms with van der Waals surface area (Å²) in [4.78, 5) is 22.1. The van der Waals surface area contributed by atoms with E-state index in [1.54, 1.807) is 24.4 Å². The number of hydrogen-bond acceptors (Lipinski definition) is 6. The van der Waals surface area contributed by atoms with Crippen molar-refractivity contribution >= 4 is 26.7 Å². The van der Waals surface area contributed by atoms with Gasteiger partial charge in [-0.25, -0.2) is 13.4 Å². The number of sulfone groups is 1. The Kier molecular flexibility index (Phi) is 3.60. The lowest BCUT2D eigenvalue weighted by atomic mass is 10.2. The molecule has 3 rings (SSSR count). The van der Waals surface area contributed by atoms with Gasteiger partial charge in [0.2, 0.25) is 15.0 Å². The molecule has 0 aliphatic heterocycles. The lowest BCUT2D eigenvalue weighted by molar-refractivity contribution is -0.131. The second-order valence-electron chi connectivity index (χ2n) is 4.46. The highest BCUT2D eigenvalue weighted by Crippen LogP contribution is 2.23. The molecule has 0 saturated carbocycles. The molecular weight excluding hydrogens is 306 g/mol. The van der Waals surface area contributed by atoms with Crippen LogP contribution in [0, 0.1) is 0 Å². The van der Waals surface area contributed by atoms with E-state index in [4.69, 9.17) is 4.74 Å². The van der Waals surface area contributed by atoms with Crippen LogP contribution in [0.1, 0.15) is 0 Å². The summed E-state index contributed by atoms with van der Waals surface area (Å²) in [5.41, 5.74) is 0.494. The van der Waals surface area contributed by atoms with Crippen LogP contribution < -0.4 is 4.74 Å². The maximum Gasteiger partial charge on any atom is 0.327 e. The van der Waals surface area contributed by atoms with Crippen molar-refractivity contribution in [2.45, 2.75) is 5.16 Å². The normalized spacial score (nSPS) is 11.5. The summed E-state index contributed by atoms with van der Waals surface area (Å²) in [6.07, 6.45) is 4.24. The third-order valence-electron chi connectivity index (χ3n) is 2.90. The highest BCUT2D eigenvalue weighted by molar-refractivity contribution is 7.91. The number of esters is 1. The highest BCUT2D eigenvalue weighted by Gasteiger charge is 2.23. The lowest BCUT2D eigenvalue weighted by Gasteiger charge is -2.06. The number of H-pyrrole nitrogens is 1. The zero-order valence-corrected chi connectivity index (χ0v) is 12.1. The maximum atomic E-state index is 11.9. The fourth-order valence-corrected chi connectivity index (χ4v) is 2.93. The molecule has 0 amide bonds. The van der Waals surface area contributed by atoms with Crippen LogP contribution >= 0.6 is 0 Å². The zero-order valence-electron chi connectivity index (χ0n) is 11.3. The molecule has 22 heavy (non-hydrogen) atoms. The fourth-order valence-electron chi connectivity index (χ4n) is 1.96. The third-order valence-corrected chi connectivity index (χ3v) is 4.32. The Morgan fingerprint density at radius 1 is 1.14 bits per heavy atom. The minimum absolute atomic E-state index is 0.220. The van der Waals surface area contributed by atoms with Gasteiger partial charge in [0.1, 0.15) is 5.52 Å². The molecular formula is C14H11N3O4S. The summed E-state index contributed by atoms with van der Waals surface area (Å²) in [6.45, 7) is 0. The SMILES string of the molecule is O=C(CS(=O)(=O)c1ncc[nH]1)Oc1cccc2cccnc12. The molecule has 8 heteroatoms. The Balaban J connectivity index is 1.82. The van der Waals surface area contributed by atoms with Crippen molar-refractivity contribution in [3.8, 4) is 5.75 Å². The maximum absolute atomic E-state index is 11.9. The Bertz CT molecular complexity index is 915. The summed E-state index contributed by atoms with van der Waals surface area (Å²) in [6, 6.07) is 8.66. The zero-order chi connectivity index (χ0) is 15.6. The van der Waals surface area contributed by atoms with E-state index in [0.29, 0.717) is 5.52 Å². The number of benzene rings is 1. The van der Waals surface area contributed by atoms with Gasteiger partial charge in [-0.2, -0.15) is 0 Å². The molecule has 0 aliphatic carbocycles. The molecule has 0 aliphatic rings. The van der Waals surface area contributed by atoms with Gasteiger partial charge in [0.05, 0.1) is 0 Å². The summed E-state index contributed by atoms with van der Waals surface area (Å²) in [5.74, 6) is -1.48. The van der Waals surface area contributed by atoms with E-state index in [-0.39, 0.29) is 10.9 Å². The molecule has 0 atom stereocenters. The average molecular weight is 317 g/mol. The number of imidazole rings is 1. The lowest BCUT2D eigenvalue weighted by Crippen LogP contribution is -2.22. The van der Waals surface area contributed by atoms with Crippen molar-refractivity contribution in [3.63, 3.8) is 0 Å². The number of carbonyl (C=O) groups is 1. The van der Waals surface area contributed by atoms with Crippen LogP contribution in [0.15, 0.2) is 54.1 Å². The number of nitrogens with one attached hydrogen (secondary N) is 1. The Morgan fingerprint density at radius 3 is 2.73 bits per heavy atom. The van der Waals surface area contributed by atoms with Crippen molar-refractivity contribution in [3.05, 3.63) is 48.9 Å². The quantitative estimate of drug-likeness (QED) is 0.575. The number of ether oxygens (including phenoxy) is 1. The summed E-state index contributed by atoms with van der Waals surface area (Å²) < 4.78 is 29.0. The molecule has 1 N–H and O–H groups in total. The van der Waals surface area contributed by atoms with Crippen molar-refractivity contribution in [2.24, 2.45) is 0 Å². The molecule has 1 aromatic carbocycles. The predicted octanol–water partition coefficient (Wildman–Crippen LogP) is 1.34. The topological polar surface area (TPSA) is 102 Å². The molecule has 0 spiro atoms. The number of hydrogen-bond donors (Lipinski definition) is 1. The van der Waals surface area contributed by atoms with E-state index in [0.717, 1.165) is 5.39 Å². The molecule has 0 fully saturated rings. The number of para-hydroxylation sites is 1. The smallest absolute Gasteiger partial charge is 0.327 e. The Morgan fingerprint density at radius 2 is 1.95 bits per heavy atom. The monoisotopic (exact) mass is 317 g/mol. The first-order valence-corrected chi connectivity index (χ1v) is 7.98. The molecule has 2 heterocycles. The minimum Gasteiger partial charge on any atom is -0.423 e. The van der Waals surface area contributed by atoms with Crippen LogP contribution in [-0.2, 0) is 14.6 Å². The van der Waals surface area contributed by atoms with Crippen LogP contribution in [0.5, 0.6) is 5.75 Å². The number of rotatable bonds is 4. The van der Waals surface area contributed by atoms with E-state index in [1.807, 2.05) is 12.1 Å². The van der Waals surface area contributed by atoms with E-state index in [2.05, 4.69) is 15.0 Å². The first-order chi connectivity index (χ1) is 10.6. The molecule has 2 aromatic heterocycles. The van der Waals surface area contributed by atoms with Gasteiger partial charge in [-0.3, -0.25) is 9.78 Å². The van der Waals surface area contributed by atoms with Crippen LogP contribution in [0.25, 0.3) is 10.9 Å². The van der Waals surface area contributed by atoms with Crippen molar-refractivity contribution in [1.82, 2.24) is 15.0 Å². The summed E-state index contributed by atoms with van der Waals surface area (Å²) in [5, 5.41) is 0.530. The second-order valence-corrected chi connectivity index (χ2v) is 6.36. The molecule has 0 saturated heterocycles. The van der Waals surface area contributed by atoms with Gasteiger partial charge >= 0.3 is 5.97 Å². The van der Waals surface area contributed by atoms with Crippen molar-refractivity contribution in [2.75, 3.05) is 5.75 Å². The van der Waals surface area contributed by atoms with E-state index in [9.17, 15) is 13.2 Å². The number of pyridine rings is 1. The number of nitrogens with zero attached hydrogens (tertiary/aromatic N) is 2. The standard InChI is InChI=1S/C14H11N3O4S/c18-12(9-22(19,20)14-16-7-8-17-14)21-11-5-1-3-10-4-2-6-15-13(10)11/h1-8H,9H2,(H,16,17). The van der Waals surface area contributed by atoms with Gasteiger partial charge < -0.3 is 9.72 Å². The fraction of sp³-hybridized carbons (Fsp3) is 0.0714. The largest absolute Gasteiger partial charge is 0.423 e. The van der Waals surface area contributed by atoms with Gasteiger partial charge in [0.25, 0.3) is 0 Å². The number of carbonyl (C=O) groups excluding carboxylic acids is 1. The first-order valence-electron chi connectivity index (χ1n) is 6.33. The summed E-state index contributed by atoms with van der Waals surface area (Å²) in [7, 11) is -3.85. The molecule has 3 aromatic rings. The molecule has 0 unspecified atom stereocenters. The van der Waals surface area contributed by atoms with E-state index < -0.39 is 21.6 Å². The van der Waals surface area contributed by atoms with Gasteiger partial charge in [0, 0.05) is 24.0 Å². The molecule has 7 nitrogen and oxygen atoms in total. The van der Waals surface area contributed by atoms with E-state index in [1.165, 1.54) is 12.4 Å². The van der Waals surface area contributed by atoms with E-state index >= 15 is 0 Å². The number of aromatic nitrogens is 3. The van der Waals surface area contributed by atoms with Gasteiger partial charge in [-0.1, -0.05) is 18.2 Å². The number of aromatic amines is 1. The molecule has 0 bridgehead atoms.